The fraction of sp³-hybridized carbons (Fsp3) is 0.190. The SMILES string of the molecule is Cc1ccc(NC(=O)c2cc(COc3ccc(Cl)cc3C)cs2)c(OC(F)F)c1. The van der Waals surface area contributed by atoms with E-state index in [1.807, 2.05) is 18.4 Å². The summed E-state index contributed by atoms with van der Waals surface area (Å²) in [5.74, 6) is 0.221. The Kier molecular flexibility index (Phi) is 6.71. The smallest absolute Gasteiger partial charge is 0.387 e. The van der Waals surface area contributed by atoms with Crippen molar-refractivity contribution < 1.29 is 23.0 Å². The van der Waals surface area contributed by atoms with Gasteiger partial charge in [-0.25, -0.2) is 0 Å². The lowest BCUT2D eigenvalue weighted by Crippen LogP contribution is -2.13. The number of amides is 1. The Morgan fingerprint density at radius 3 is 2.66 bits per heavy atom. The largest absolute Gasteiger partial charge is 0.489 e. The molecule has 4 nitrogen and oxygen atoms in total. The van der Waals surface area contributed by atoms with E-state index >= 15 is 0 Å². The molecule has 0 saturated carbocycles. The van der Waals surface area contributed by atoms with Crippen LogP contribution in [0.2, 0.25) is 5.02 Å². The van der Waals surface area contributed by atoms with Gasteiger partial charge in [0.05, 0.1) is 10.6 Å². The molecule has 0 aliphatic heterocycles. The summed E-state index contributed by atoms with van der Waals surface area (Å²) in [6.07, 6.45) is 0. The third kappa shape index (κ3) is 5.68. The highest BCUT2D eigenvalue weighted by molar-refractivity contribution is 7.12. The van der Waals surface area contributed by atoms with Crippen molar-refractivity contribution in [2.45, 2.75) is 27.1 Å². The summed E-state index contributed by atoms with van der Waals surface area (Å²) in [6.45, 7) is 0.956. The molecule has 1 heterocycles. The van der Waals surface area contributed by atoms with Gasteiger partial charge in [-0.1, -0.05) is 17.7 Å². The molecule has 0 unspecified atom stereocenters. The van der Waals surface area contributed by atoms with Gasteiger partial charge in [-0.15, -0.1) is 11.3 Å². The van der Waals surface area contributed by atoms with E-state index in [2.05, 4.69) is 10.1 Å². The minimum Gasteiger partial charge on any atom is -0.489 e. The van der Waals surface area contributed by atoms with Crippen molar-refractivity contribution in [3.05, 3.63) is 74.4 Å². The van der Waals surface area contributed by atoms with Crippen LogP contribution in [-0.4, -0.2) is 12.5 Å². The molecule has 0 atom stereocenters. The van der Waals surface area contributed by atoms with Gasteiger partial charge < -0.3 is 14.8 Å². The van der Waals surface area contributed by atoms with E-state index in [9.17, 15) is 13.6 Å². The van der Waals surface area contributed by atoms with Crippen molar-refractivity contribution in [3.63, 3.8) is 0 Å². The van der Waals surface area contributed by atoms with Crippen molar-refractivity contribution in [2.75, 3.05) is 5.32 Å². The van der Waals surface area contributed by atoms with Crippen LogP contribution in [0.1, 0.15) is 26.4 Å². The molecule has 0 saturated heterocycles. The number of thiophene rings is 1. The highest BCUT2D eigenvalue weighted by atomic mass is 35.5. The van der Waals surface area contributed by atoms with Crippen molar-refractivity contribution in [2.24, 2.45) is 0 Å². The molecule has 1 N–H and O–H groups in total. The van der Waals surface area contributed by atoms with Crippen LogP contribution in [0.3, 0.4) is 0 Å². The highest BCUT2D eigenvalue weighted by Gasteiger charge is 2.15. The first-order valence-electron chi connectivity index (χ1n) is 8.65. The lowest BCUT2D eigenvalue weighted by molar-refractivity contribution is -0.0494. The Balaban J connectivity index is 1.66. The molecule has 0 spiro atoms. The summed E-state index contributed by atoms with van der Waals surface area (Å²) in [5, 5.41) is 5.07. The zero-order valence-electron chi connectivity index (χ0n) is 15.7. The Labute approximate surface area is 176 Å². The molecule has 0 aliphatic carbocycles. The molecule has 1 amide bonds. The second-order valence-corrected chi connectivity index (χ2v) is 7.70. The number of hydrogen-bond donors (Lipinski definition) is 1. The second kappa shape index (κ2) is 9.24. The van der Waals surface area contributed by atoms with Gasteiger partial charge in [-0.3, -0.25) is 4.79 Å². The fourth-order valence-corrected chi connectivity index (χ4v) is 3.63. The lowest BCUT2D eigenvalue weighted by Gasteiger charge is -2.12. The Morgan fingerprint density at radius 2 is 1.93 bits per heavy atom. The summed E-state index contributed by atoms with van der Waals surface area (Å²) < 4.78 is 35.5. The van der Waals surface area contributed by atoms with Gasteiger partial charge in [-0.2, -0.15) is 8.78 Å². The van der Waals surface area contributed by atoms with Crippen molar-refractivity contribution in [1.29, 1.82) is 0 Å². The number of ether oxygens (including phenoxy) is 2. The number of rotatable bonds is 7. The minimum absolute atomic E-state index is 0.0772. The Morgan fingerprint density at radius 1 is 1.14 bits per heavy atom. The van der Waals surface area contributed by atoms with Crippen LogP contribution < -0.4 is 14.8 Å². The number of benzene rings is 2. The highest BCUT2D eigenvalue weighted by Crippen LogP contribution is 2.29. The van der Waals surface area contributed by atoms with Gasteiger partial charge in [0.15, 0.2) is 0 Å². The molecular weight excluding hydrogens is 420 g/mol. The molecule has 8 heteroatoms. The third-order valence-corrected chi connectivity index (χ3v) is 5.22. The minimum atomic E-state index is -2.98. The first-order chi connectivity index (χ1) is 13.8. The molecule has 29 heavy (non-hydrogen) atoms. The standard InChI is InChI=1S/C21H18ClF2NO3S/c1-12-3-5-16(18(7-12)28-21(23)24)25-20(26)19-9-14(11-29-19)10-27-17-6-4-15(22)8-13(17)2/h3-9,11,21H,10H2,1-2H3,(H,25,26). The average molecular weight is 438 g/mol. The number of hydrogen-bond acceptors (Lipinski definition) is 4. The summed E-state index contributed by atoms with van der Waals surface area (Å²) >= 11 is 7.18. The number of carbonyl (C=O) groups excluding carboxylic acids is 1. The van der Waals surface area contributed by atoms with Crippen LogP contribution in [0, 0.1) is 13.8 Å². The first-order valence-corrected chi connectivity index (χ1v) is 9.91. The summed E-state index contributed by atoms with van der Waals surface area (Å²) in [5.41, 5.74) is 2.66. The van der Waals surface area contributed by atoms with Crippen LogP contribution >= 0.6 is 22.9 Å². The van der Waals surface area contributed by atoms with Crippen molar-refractivity contribution in [3.8, 4) is 11.5 Å². The summed E-state index contributed by atoms with van der Waals surface area (Å²) in [7, 11) is 0. The average Bonchev–Trinajstić information content (AvgIpc) is 3.12. The van der Waals surface area contributed by atoms with Crippen molar-refractivity contribution in [1.82, 2.24) is 0 Å². The molecule has 0 bridgehead atoms. The van der Waals surface area contributed by atoms with Crippen LogP contribution in [0.5, 0.6) is 11.5 Å². The van der Waals surface area contributed by atoms with Crippen molar-refractivity contribution >= 4 is 34.5 Å². The van der Waals surface area contributed by atoms with Gasteiger partial charge in [0, 0.05) is 10.6 Å². The van der Waals surface area contributed by atoms with Crippen LogP contribution in [0.4, 0.5) is 14.5 Å². The molecule has 0 fully saturated rings. The predicted octanol–water partition coefficient (Wildman–Crippen LogP) is 6.45. The van der Waals surface area contributed by atoms with Gasteiger partial charge in [0.2, 0.25) is 0 Å². The van der Waals surface area contributed by atoms with E-state index in [-0.39, 0.29) is 18.0 Å². The molecule has 1 aromatic heterocycles. The number of halogens is 3. The number of aryl methyl sites for hydroxylation is 2. The normalized spacial score (nSPS) is 10.8. The molecule has 152 valence electrons. The van der Waals surface area contributed by atoms with E-state index in [0.717, 1.165) is 16.7 Å². The van der Waals surface area contributed by atoms with Crippen LogP contribution in [0.25, 0.3) is 0 Å². The van der Waals surface area contributed by atoms with E-state index in [4.69, 9.17) is 16.3 Å². The van der Waals surface area contributed by atoms with Gasteiger partial charge in [0.1, 0.15) is 18.1 Å². The van der Waals surface area contributed by atoms with E-state index in [0.29, 0.717) is 15.6 Å². The maximum absolute atomic E-state index is 12.6. The fourth-order valence-electron chi connectivity index (χ4n) is 2.62. The number of alkyl halides is 2. The quantitative estimate of drug-likeness (QED) is 0.462. The Bertz CT molecular complexity index is 1020. The maximum Gasteiger partial charge on any atom is 0.387 e. The Hall–Kier alpha value is -2.64. The van der Waals surface area contributed by atoms with Gasteiger partial charge in [0.25, 0.3) is 5.91 Å². The lowest BCUT2D eigenvalue weighted by atomic mass is 10.2. The third-order valence-electron chi connectivity index (χ3n) is 4.01. The molecular formula is C21H18ClF2NO3S. The van der Waals surface area contributed by atoms with Gasteiger partial charge in [-0.05, 0) is 66.8 Å². The zero-order valence-corrected chi connectivity index (χ0v) is 17.2. The predicted molar refractivity (Wildman–Crippen MR) is 111 cm³/mol. The molecule has 0 radical (unpaired) electrons. The van der Waals surface area contributed by atoms with E-state index in [1.54, 1.807) is 31.2 Å². The number of nitrogens with one attached hydrogen (secondary N) is 1. The number of carbonyl (C=O) groups is 1. The van der Waals surface area contributed by atoms with Crippen LogP contribution in [0.15, 0.2) is 47.8 Å². The second-order valence-electron chi connectivity index (χ2n) is 6.35. The number of anilines is 1. The van der Waals surface area contributed by atoms with Crippen LogP contribution in [-0.2, 0) is 6.61 Å². The topological polar surface area (TPSA) is 47.6 Å². The molecule has 3 aromatic rings. The van der Waals surface area contributed by atoms with Gasteiger partial charge >= 0.3 is 6.61 Å². The monoisotopic (exact) mass is 437 g/mol. The molecule has 2 aromatic carbocycles. The maximum atomic E-state index is 12.6. The first kappa shape index (κ1) is 21.1. The molecule has 0 aliphatic rings. The summed E-state index contributed by atoms with van der Waals surface area (Å²) in [4.78, 5) is 12.9. The van der Waals surface area contributed by atoms with E-state index < -0.39 is 12.5 Å². The molecule has 3 rings (SSSR count). The van der Waals surface area contributed by atoms with E-state index in [1.165, 1.54) is 23.5 Å². The zero-order chi connectivity index (χ0) is 21.0. The summed E-state index contributed by atoms with van der Waals surface area (Å²) in [6, 6.07) is 11.7.